The van der Waals surface area contributed by atoms with Gasteiger partial charge in [-0.15, -0.1) is 0 Å². The minimum absolute atomic E-state index is 0.0210. The second-order valence-electron chi connectivity index (χ2n) is 11.0. The second-order valence-corrected chi connectivity index (χ2v) is 11.0. The molecule has 6 heteroatoms. The number of hydrogen-bond acceptors (Lipinski definition) is 4. The van der Waals surface area contributed by atoms with E-state index in [1.807, 2.05) is 4.90 Å². The summed E-state index contributed by atoms with van der Waals surface area (Å²) in [4.78, 5) is 20.2. The molecule has 0 atom stereocenters. The van der Waals surface area contributed by atoms with Crippen molar-refractivity contribution in [3.05, 3.63) is 35.9 Å². The molecule has 0 bridgehead atoms. The molecule has 0 unspecified atom stereocenters. The average molecular weight is 442 g/mol. The van der Waals surface area contributed by atoms with Crippen LogP contribution in [0, 0.1) is 5.92 Å². The number of ether oxygens (including phenoxy) is 1. The number of urea groups is 1. The molecule has 2 aliphatic heterocycles. The van der Waals surface area contributed by atoms with Crippen molar-refractivity contribution >= 4 is 6.03 Å². The van der Waals surface area contributed by atoms with Crippen molar-refractivity contribution in [3.63, 3.8) is 0 Å². The quantitative estimate of drug-likeness (QED) is 0.735. The maximum absolute atomic E-state index is 13.6. The predicted molar refractivity (Wildman–Crippen MR) is 124 cm³/mol. The normalized spacial score (nSPS) is 32.8. The summed E-state index contributed by atoms with van der Waals surface area (Å²) in [6, 6.07) is 11.0. The Hall–Kier alpha value is -1.63. The molecule has 2 aliphatic carbocycles. The highest BCUT2D eigenvalue weighted by atomic mass is 16.5. The van der Waals surface area contributed by atoms with Crippen molar-refractivity contribution in [3.8, 4) is 0 Å². The Bertz CT molecular complexity index is 809. The lowest BCUT2D eigenvalue weighted by molar-refractivity contribution is -0.0739. The molecule has 6 nitrogen and oxygen atoms in total. The summed E-state index contributed by atoms with van der Waals surface area (Å²) in [5, 5.41) is 11.1. The maximum Gasteiger partial charge on any atom is 0.320 e. The molecule has 1 aromatic rings. The van der Waals surface area contributed by atoms with Crippen LogP contribution in [0.15, 0.2) is 30.3 Å². The van der Waals surface area contributed by atoms with Crippen LogP contribution >= 0.6 is 0 Å². The molecule has 4 fully saturated rings. The first-order valence-electron chi connectivity index (χ1n) is 12.5. The van der Waals surface area contributed by atoms with Gasteiger partial charge in [0.2, 0.25) is 0 Å². The maximum atomic E-state index is 13.6. The summed E-state index contributed by atoms with van der Waals surface area (Å²) in [5.74, 6) is 0.664. The third-order valence-electron chi connectivity index (χ3n) is 8.78. The molecule has 2 saturated carbocycles. The summed E-state index contributed by atoms with van der Waals surface area (Å²) < 4.78 is 5.46. The van der Waals surface area contributed by atoms with E-state index in [0.29, 0.717) is 38.5 Å². The van der Waals surface area contributed by atoms with Gasteiger partial charge in [0.25, 0.3) is 0 Å². The van der Waals surface area contributed by atoms with Crippen molar-refractivity contribution in [1.82, 2.24) is 14.7 Å². The minimum Gasteiger partial charge on any atom is -0.388 e. The summed E-state index contributed by atoms with van der Waals surface area (Å²) >= 11 is 0. The molecule has 2 saturated heterocycles. The lowest BCUT2D eigenvalue weighted by Gasteiger charge is -2.51. The largest absolute Gasteiger partial charge is 0.388 e. The van der Waals surface area contributed by atoms with E-state index >= 15 is 0 Å². The lowest BCUT2D eigenvalue weighted by Crippen LogP contribution is -2.55. The summed E-state index contributed by atoms with van der Waals surface area (Å²) in [6.45, 7) is 3.24. The zero-order valence-electron chi connectivity index (χ0n) is 19.8. The molecular formula is C26H39N3O3. The van der Waals surface area contributed by atoms with Gasteiger partial charge in [-0.1, -0.05) is 30.3 Å². The Labute approximate surface area is 192 Å². The van der Waals surface area contributed by atoms with Gasteiger partial charge in [0, 0.05) is 44.7 Å². The number of amides is 2. The van der Waals surface area contributed by atoms with Crippen LogP contribution in [0.3, 0.4) is 0 Å². The average Bonchev–Trinajstić information content (AvgIpc) is 3.58. The molecule has 0 aromatic heterocycles. The number of rotatable bonds is 6. The number of benzene rings is 1. The highest BCUT2D eigenvalue weighted by Crippen LogP contribution is 2.50. The molecule has 1 aromatic carbocycles. The van der Waals surface area contributed by atoms with E-state index < -0.39 is 5.60 Å². The number of carbonyl (C=O) groups excluding carboxylic acids is 1. The van der Waals surface area contributed by atoms with Gasteiger partial charge in [-0.05, 0) is 64.1 Å². The summed E-state index contributed by atoms with van der Waals surface area (Å²) in [6.07, 6.45) is 7.83. The standard InChI is InChI=1S/C26H39N3O3/c1-27(2)26(22-6-4-3-5-7-22)12-10-24(11-13-26)19-28(20-25(31)14-16-32-17-15-25)23(30)29(24)18-21-8-9-21/h3-7,21,31H,8-20H2,1-2H3/t24-,26-. The van der Waals surface area contributed by atoms with Crippen LogP contribution in [0.5, 0.6) is 0 Å². The van der Waals surface area contributed by atoms with Gasteiger partial charge in [0.15, 0.2) is 0 Å². The number of hydrogen-bond donors (Lipinski definition) is 1. The van der Waals surface area contributed by atoms with Gasteiger partial charge in [0.1, 0.15) is 0 Å². The first kappa shape index (κ1) is 22.2. The highest BCUT2D eigenvalue weighted by Gasteiger charge is 2.56. The Balaban J connectivity index is 1.38. The molecule has 4 aliphatic rings. The molecular weight excluding hydrogens is 402 g/mol. The van der Waals surface area contributed by atoms with E-state index in [4.69, 9.17) is 4.74 Å². The summed E-state index contributed by atoms with van der Waals surface area (Å²) in [5.41, 5.74) is 0.491. The highest BCUT2D eigenvalue weighted by molar-refractivity contribution is 5.78. The Morgan fingerprint density at radius 1 is 1.03 bits per heavy atom. The minimum atomic E-state index is -0.809. The molecule has 0 radical (unpaired) electrons. The number of aliphatic hydroxyl groups is 1. The van der Waals surface area contributed by atoms with E-state index in [9.17, 15) is 9.90 Å². The first-order valence-corrected chi connectivity index (χ1v) is 12.5. The number of nitrogens with zero attached hydrogens (tertiary/aromatic N) is 3. The Morgan fingerprint density at radius 3 is 2.28 bits per heavy atom. The van der Waals surface area contributed by atoms with Crippen LogP contribution in [0.2, 0.25) is 0 Å². The third-order valence-corrected chi connectivity index (χ3v) is 8.78. The lowest BCUT2D eigenvalue weighted by atomic mass is 9.68. The van der Waals surface area contributed by atoms with E-state index in [2.05, 4.69) is 54.2 Å². The van der Waals surface area contributed by atoms with Crippen LogP contribution in [-0.4, -0.2) is 83.9 Å². The number of carbonyl (C=O) groups is 1. The smallest absolute Gasteiger partial charge is 0.320 e. The molecule has 1 N–H and O–H groups in total. The Kier molecular flexibility index (Phi) is 5.75. The van der Waals surface area contributed by atoms with Crippen LogP contribution in [0.4, 0.5) is 4.79 Å². The van der Waals surface area contributed by atoms with Crippen molar-refractivity contribution < 1.29 is 14.6 Å². The number of β-amino-alcohol motifs (C(OH)–C–C–N with tert-alkyl or cyclic N) is 1. The van der Waals surface area contributed by atoms with Crippen molar-refractivity contribution in [2.75, 3.05) is 46.9 Å². The van der Waals surface area contributed by atoms with Gasteiger partial charge >= 0.3 is 6.03 Å². The second kappa shape index (κ2) is 8.30. The van der Waals surface area contributed by atoms with E-state index in [-0.39, 0.29) is 17.1 Å². The van der Waals surface area contributed by atoms with Crippen molar-refractivity contribution in [1.29, 1.82) is 0 Å². The van der Waals surface area contributed by atoms with Gasteiger partial charge in [0.05, 0.1) is 17.7 Å². The van der Waals surface area contributed by atoms with Gasteiger partial charge < -0.3 is 19.6 Å². The zero-order valence-corrected chi connectivity index (χ0v) is 19.8. The van der Waals surface area contributed by atoms with Gasteiger partial charge in [-0.25, -0.2) is 4.79 Å². The summed E-state index contributed by atoms with van der Waals surface area (Å²) in [7, 11) is 4.39. The van der Waals surface area contributed by atoms with Crippen LogP contribution in [0.25, 0.3) is 0 Å². The molecule has 5 rings (SSSR count). The molecule has 2 amide bonds. The van der Waals surface area contributed by atoms with E-state index in [1.165, 1.54) is 18.4 Å². The first-order chi connectivity index (χ1) is 15.4. The fourth-order valence-electron chi connectivity index (χ4n) is 6.40. The van der Waals surface area contributed by atoms with Crippen molar-refractivity contribution in [2.45, 2.75) is 68.0 Å². The van der Waals surface area contributed by atoms with Gasteiger partial charge in [-0.3, -0.25) is 4.90 Å². The molecule has 32 heavy (non-hydrogen) atoms. The zero-order chi connectivity index (χ0) is 22.4. The monoisotopic (exact) mass is 441 g/mol. The Morgan fingerprint density at radius 2 is 1.69 bits per heavy atom. The molecule has 176 valence electrons. The third kappa shape index (κ3) is 3.95. The fraction of sp³-hybridized carbons (Fsp3) is 0.731. The van der Waals surface area contributed by atoms with Crippen LogP contribution in [-0.2, 0) is 10.3 Å². The SMILES string of the molecule is CN(C)[C@]1(c2ccccc2)CC[C@@]2(CC1)CN(CC1(O)CCOCC1)C(=O)N2CC1CC1. The fourth-order valence-corrected chi connectivity index (χ4v) is 6.40. The van der Waals surface area contributed by atoms with Crippen LogP contribution in [0.1, 0.15) is 56.9 Å². The van der Waals surface area contributed by atoms with Gasteiger partial charge in [-0.2, -0.15) is 0 Å². The molecule has 2 heterocycles. The van der Waals surface area contributed by atoms with E-state index in [0.717, 1.165) is 38.8 Å². The topological polar surface area (TPSA) is 56.2 Å². The van der Waals surface area contributed by atoms with Crippen molar-refractivity contribution in [2.24, 2.45) is 5.92 Å². The predicted octanol–water partition coefficient (Wildman–Crippen LogP) is 3.45. The van der Waals surface area contributed by atoms with Crippen LogP contribution < -0.4 is 0 Å². The molecule has 1 spiro atoms. The van der Waals surface area contributed by atoms with E-state index in [1.54, 1.807) is 0 Å².